The Hall–Kier alpha value is -0.740. The summed E-state index contributed by atoms with van der Waals surface area (Å²) in [6, 6.07) is 0. The van der Waals surface area contributed by atoms with Gasteiger partial charge in [-0.3, -0.25) is 0 Å². The number of allylic oxidation sites excluding steroid dienone is 2. The van der Waals surface area contributed by atoms with Crippen LogP contribution >= 0.6 is 0 Å². The van der Waals surface area contributed by atoms with Gasteiger partial charge in [0.05, 0.1) is 0 Å². The molecule has 0 fully saturated rings. The molecule has 0 heterocycles. The maximum Gasteiger partial charge on any atom is -0.00656 e. The van der Waals surface area contributed by atoms with Crippen molar-refractivity contribution in [2.75, 3.05) is 0 Å². The van der Waals surface area contributed by atoms with E-state index in [-0.39, 0.29) is 0 Å². The summed E-state index contributed by atoms with van der Waals surface area (Å²) in [5, 5.41) is 0. The predicted molar refractivity (Wildman–Crippen MR) is 37.8 cm³/mol. The summed E-state index contributed by atoms with van der Waals surface area (Å²) in [5.74, 6) is 0. The van der Waals surface area contributed by atoms with Crippen molar-refractivity contribution in [2.24, 2.45) is 0 Å². The van der Waals surface area contributed by atoms with E-state index in [4.69, 9.17) is 0 Å². The molecular formula is C8H12. The zero-order valence-corrected chi connectivity index (χ0v) is 5.41. The summed E-state index contributed by atoms with van der Waals surface area (Å²) in [6.07, 6.45) is 3.88. The summed E-state index contributed by atoms with van der Waals surface area (Å²) in [4.78, 5) is 0. The molecular weight excluding hydrogens is 96.1 g/mol. The minimum Gasteiger partial charge on any atom is -0.133 e. The van der Waals surface area contributed by atoms with Gasteiger partial charge in [0.1, 0.15) is 0 Å². The lowest BCUT2D eigenvalue weighted by Crippen LogP contribution is -1.71. The highest BCUT2D eigenvalue weighted by molar-refractivity contribution is 4.99. The predicted octanol–water partition coefficient (Wildman–Crippen LogP) is 2.68. The van der Waals surface area contributed by atoms with E-state index in [0.717, 1.165) is 12.8 Å². The molecule has 0 aliphatic heterocycles. The maximum absolute atomic E-state index is 3.81. The van der Waals surface area contributed by atoms with Gasteiger partial charge in [-0.2, -0.15) is 0 Å². The van der Waals surface area contributed by atoms with Crippen LogP contribution in [0.3, 0.4) is 0 Å². The first-order valence-electron chi connectivity index (χ1n) is 2.82. The first-order chi connectivity index (χ1) is 3.81. The van der Waals surface area contributed by atoms with E-state index < -0.39 is 0 Å². The van der Waals surface area contributed by atoms with Crippen molar-refractivity contribution < 1.29 is 0 Å². The van der Waals surface area contributed by atoms with E-state index in [1.54, 1.807) is 0 Å². The van der Waals surface area contributed by atoms with Crippen LogP contribution in [-0.4, -0.2) is 0 Å². The minimum atomic E-state index is 0.931. The summed E-state index contributed by atoms with van der Waals surface area (Å²) in [5.41, 5.74) is 3.93. The van der Waals surface area contributed by atoms with Crippen molar-refractivity contribution >= 4 is 0 Å². The van der Waals surface area contributed by atoms with Gasteiger partial charge in [-0.05, 0) is 18.9 Å². The molecule has 0 spiro atoms. The highest BCUT2D eigenvalue weighted by Crippen LogP contribution is 2.01. The smallest absolute Gasteiger partial charge is 0.00656 e. The molecule has 0 N–H and O–H groups in total. The highest BCUT2D eigenvalue weighted by Gasteiger charge is 1.81. The van der Waals surface area contributed by atoms with Gasteiger partial charge in [0, 0.05) is 0 Å². The molecule has 0 heteroatoms. The first kappa shape index (κ1) is 7.26. The largest absolute Gasteiger partial charge is 0.133 e. The molecule has 0 atom stereocenters. The standard InChI is InChI=1S/C8H12/c1-4-6-7-8(3)5-2/h6H,1,3,5,7H2,2H3. The number of hydrogen-bond donors (Lipinski definition) is 0. The molecule has 0 unspecified atom stereocenters. The Morgan fingerprint density at radius 2 is 2.38 bits per heavy atom. The minimum absolute atomic E-state index is 0.931. The Morgan fingerprint density at radius 1 is 1.75 bits per heavy atom. The molecule has 44 valence electrons. The van der Waals surface area contributed by atoms with Crippen molar-refractivity contribution in [3.8, 4) is 0 Å². The Bertz CT molecular complexity index is 114. The second kappa shape index (κ2) is 4.42. The van der Waals surface area contributed by atoms with Crippen LogP contribution in [0, 0.1) is 0 Å². The van der Waals surface area contributed by atoms with Crippen LogP contribution in [0.15, 0.2) is 30.5 Å². The van der Waals surface area contributed by atoms with E-state index in [1.807, 2.05) is 6.08 Å². The van der Waals surface area contributed by atoms with Gasteiger partial charge in [0.2, 0.25) is 0 Å². The van der Waals surface area contributed by atoms with E-state index in [9.17, 15) is 0 Å². The van der Waals surface area contributed by atoms with Crippen LogP contribution < -0.4 is 0 Å². The van der Waals surface area contributed by atoms with Gasteiger partial charge >= 0.3 is 0 Å². The van der Waals surface area contributed by atoms with Crippen molar-refractivity contribution in [1.82, 2.24) is 0 Å². The fourth-order valence-electron chi connectivity index (χ4n) is 0.361. The van der Waals surface area contributed by atoms with E-state index in [0.29, 0.717) is 0 Å². The van der Waals surface area contributed by atoms with Gasteiger partial charge in [0.15, 0.2) is 0 Å². The summed E-state index contributed by atoms with van der Waals surface area (Å²) < 4.78 is 0. The van der Waals surface area contributed by atoms with Crippen LogP contribution in [0.25, 0.3) is 0 Å². The zero-order valence-electron chi connectivity index (χ0n) is 5.41. The van der Waals surface area contributed by atoms with Crippen LogP contribution in [0.1, 0.15) is 19.8 Å². The molecule has 0 nitrogen and oxygen atoms in total. The zero-order chi connectivity index (χ0) is 6.41. The van der Waals surface area contributed by atoms with E-state index in [1.165, 1.54) is 5.57 Å². The summed E-state index contributed by atoms with van der Waals surface area (Å²) >= 11 is 0. The molecule has 0 amide bonds. The molecule has 0 aromatic carbocycles. The second-order valence-electron chi connectivity index (χ2n) is 1.72. The lowest BCUT2D eigenvalue weighted by atomic mass is 10.2. The van der Waals surface area contributed by atoms with E-state index in [2.05, 4.69) is 25.8 Å². The molecule has 0 radical (unpaired) electrons. The second-order valence-corrected chi connectivity index (χ2v) is 1.72. The molecule has 0 saturated carbocycles. The van der Waals surface area contributed by atoms with Gasteiger partial charge in [-0.15, -0.1) is 5.73 Å². The molecule has 0 bridgehead atoms. The summed E-state index contributed by atoms with van der Waals surface area (Å²) in [6.45, 7) is 9.35. The molecule has 0 aliphatic carbocycles. The normalized spacial score (nSPS) is 7.62. The van der Waals surface area contributed by atoms with Gasteiger partial charge < -0.3 is 0 Å². The average molecular weight is 108 g/mol. The lowest BCUT2D eigenvalue weighted by molar-refractivity contribution is 1.04. The molecule has 0 aromatic heterocycles. The summed E-state index contributed by atoms with van der Waals surface area (Å²) in [7, 11) is 0. The van der Waals surface area contributed by atoms with Crippen LogP contribution in [0.2, 0.25) is 0 Å². The monoisotopic (exact) mass is 108 g/mol. The number of hydrogen-bond acceptors (Lipinski definition) is 0. The third-order valence-corrected chi connectivity index (χ3v) is 1.04. The Balaban J connectivity index is 3.39. The third kappa shape index (κ3) is 3.45. The van der Waals surface area contributed by atoms with Gasteiger partial charge in [-0.25, -0.2) is 0 Å². The highest BCUT2D eigenvalue weighted by atomic mass is 13.9. The lowest BCUT2D eigenvalue weighted by Gasteiger charge is -1.90. The topological polar surface area (TPSA) is 0 Å². The van der Waals surface area contributed by atoms with Crippen molar-refractivity contribution in [3.63, 3.8) is 0 Å². The molecule has 0 aliphatic rings. The fraction of sp³-hybridized carbons (Fsp3) is 0.375. The van der Waals surface area contributed by atoms with Crippen molar-refractivity contribution in [3.05, 3.63) is 30.5 Å². The molecule has 0 aromatic rings. The number of rotatable bonds is 3. The van der Waals surface area contributed by atoms with Crippen LogP contribution in [-0.2, 0) is 0 Å². The molecule has 0 rings (SSSR count). The molecule has 8 heavy (non-hydrogen) atoms. The van der Waals surface area contributed by atoms with Gasteiger partial charge in [-0.1, -0.05) is 25.7 Å². The Morgan fingerprint density at radius 3 is 2.75 bits per heavy atom. The fourth-order valence-corrected chi connectivity index (χ4v) is 0.361. The van der Waals surface area contributed by atoms with Crippen LogP contribution in [0.4, 0.5) is 0 Å². The maximum atomic E-state index is 3.81. The average Bonchev–Trinajstić information content (AvgIpc) is 1.83. The Labute approximate surface area is 51.2 Å². The first-order valence-corrected chi connectivity index (χ1v) is 2.82. The van der Waals surface area contributed by atoms with Crippen molar-refractivity contribution in [2.45, 2.75) is 19.8 Å². The SMILES string of the molecule is C=C=CCC(=C)CC. The quantitative estimate of drug-likeness (QED) is 0.385. The van der Waals surface area contributed by atoms with Crippen molar-refractivity contribution in [1.29, 1.82) is 0 Å². The van der Waals surface area contributed by atoms with Gasteiger partial charge in [0.25, 0.3) is 0 Å². The molecule has 0 saturated heterocycles. The van der Waals surface area contributed by atoms with E-state index >= 15 is 0 Å². The van der Waals surface area contributed by atoms with Crippen LogP contribution in [0.5, 0.6) is 0 Å². The Kier molecular flexibility index (Phi) is 4.01. The third-order valence-electron chi connectivity index (χ3n) is 1.04.